The van der Waals surface area contributed by atoms with E-state index < -0.39 is 12.1 Å². The Morgan fingerprint density at radius 1 is 1.13 bits per heavy atom. The number of amides is 1. The van der Waals surface area contributed by atoms with E-state index >= 15 is 0 Å². The van der Waals surface area contributed by atoms with Crippen molar-refractivity contribution in [3.8, 4) is 0 Å². The van der Waals surface area contributed by atoms with Crippen LogP contribution in [0.2, 0.25) is 0 Å². The average molecular weight is 413 g/mol. The number of benzene rings is 2. The van der Waals surface area contributed by atoms with Crippen LogP contribution in [0.15, 0.2) is 42.5 Å². The SMILES string of the molecule is CC(C)C(OCc1ccc(F)c(C2CC2)c1)C(=O)N[C@@H](C)c1ccc(C(=O)O)cc1. The van der Waals surface area contributed by atoms with Crippen molar-refractivity contribution in [3.05, 3.63) is 70.5 Å². The van der Waals surface area contributed by atoms with Crippen LogP contribution in [0, 0.1) is 11.7 Å². The maximum absolute atomic E-state index is 14.0. The molecule has 3 rings (SSSR count). The first-order valence-electron chi connectivity index (χ1n) is 10.3. The Morgan fingerprint density at radius 2 is 1.80 bits per heavy atom. The zero-order chi connectivity index (χ0) is 21.8. The Hall–Kier alpha value is -2.73. The minimum Gasteiger partial charge on any atom is -0.478 e. The van der Waals surface area contributed by atoms with Crippen LogP contribution in [-0.4, -0.2) is 23.1 Å². The number of ether oxygens (including phenoxy) is 1. The van der Waals surface area contributed by atoms with Crippen molar-refractivity contribution in [2.45, 2.75) is 58.3 Å². The molecule has 0 heterocycles. The number of halogens is 1. The number of hydrogen-bond acceptors (Lipinski definition) is 3. The molecule has 1 aliphatic carbocycles. The highest BCUT2D eigenvalue weighted by Crippen LogP contribution is 2.41. The topological polar surface area (TPSA) is 75.6 Å². The molecule has 6 heteroatoms. The summed E-state index contributed by atoms with van der Waals surface area (Å²) in [5.74, 6) is -1.14. The van der Waals surface area contributed by atoms with Crippen LogP contribution in [0.25, 0.3) is 0 Å². The summed E-state index contributed by atoms with van der Waals surface area (Å²) in [7, 11) is 0. The van der Waals surface area contributed by atoms with E-state index in [4.69, 9.17) is 9.84 Å². The highest BCUT2D eigenvalue weighted by molar-refractivity contribution is 5.87. The zero-order valence-corrected chi connectivity index (χ0v) is 17.5. The van der Waals surface area contributed by atoms with E-state index in [1.54, 1.807) is 18.2 Å². The van der Waals surface area contributed by atoms with E-state index in [0.29, 0.717) is 5.92 Å². The van der Waals surface area contributed by atoms with Crippen molar-refractivity contribution < 1.29 is 23.8 Å². The van der Waals surface area contributed by atoms with Crippen molar-refractivity contribution >= 4 is 11.9 Å². The van der Waals surface area contributed by atoms with Gasteiger partial charge >= 0.3 is 5.97 Å². The third-order valence-corrected chi connectivity index (χ3v) is 5.39. The highest BCUT2D eigenvalue weighted by atomic mass is 19.1. The van der Waals surface area contributed by atoms with Gasteiger partial charge in [-0.25, -0.2) is 9.18 Å². The number of carbonyl (C=O) groups is 2. The quantitative estimate of drug-likeness (QED) is 0.618. The molecule has 0 aliphatic heterocycles. The van der Waals surface area contributed by atoms with E-state index in [9.17, 15) is 14.0 Å². The van der Waals surface area contributed by atoms with E-state index in [1.807, 2.05) is 26.8 Å². The molecule has 1 fully saturated rings. The fourth-order valence-corrected chi connectivity index (χ4v) is 3.44. The normalized spacial score (nSPS) is 15.6. The Morgan fingerprint density at radius 3 is 2.37 bits per heavy atom. The molecule has 1 saturated carbocycles. The summed E-state index contributed by atoms with van der Waals surface area (Å²) in [6.07, 6.45) is 1.38. The van der Waals surface area contributed by atoms with Gasteiger partial charge in [0.15, 0.2) is 0 Å². The fraction of sp³-hybridized carbons (Fsp3) is 0.417. The summed E-state index contributed by atoms with van der Waals surface area (Å²) in [4.78, 5) is 23.8. The Labute approximate surface area is 176 Å². The Balaban J connectivity index is 1.61. The molecule has 2 N–H and O–H groups in total. The number of carboxylic acid groups (broad SMARTS) is 1. The second kappa shape index (κ2) is 9.39. The molecule has 2 aromatic carbocycles. The number of aromatic carboxylic acids is 1. The predicted molar refractivity (Wildman–Crippen MR) is 112 cm³/mol. The molecule has 1 aliphatic rings. The fourth-order valence-electron chi connectivity index (χ4n) is 3.44. The molecule has 0 aromatic heterocycles. The van der Waals surface area contributed by atoms with Crippen LogP contribution in [0.4, 0.5) is 4.39 Å². The summed E-state index contributed by atoms with van der Waals surface area (Å²) in [6.45, 7) is 5.90. The molecule has 2 aromatic rings. The lowest BCUT2D eigenvalue weighted by Crippen LogP contribution is -2.40. The molecule has 5 nitrogen and oxygen atoms in total. The third-order valence-electron chi connectivity index (χ3n) is 5.39. The smallest absolute Gasteiger partial charge is 0.335 e. The number of hydrogen-bond donors (Lipinski definition) is 2. The molecule has 0 spiro atoms. The first kappa shape index (κ1) is 22.0. The number of nitrogens with one attached hydrogen (secondary N) is 1. The second-order valence-corrected chi connectivity index (χ2v) is 8.26. The van der Waals surface area contributed by atoms with E-state index in [1.165, 1.54) is 18.2 Å². The van der Waals surface area contributed by atoms with Gasteiger partial charge in [0.2, 0.25) is 5.91 Å². The van der Waals surface area contributed by atoms with Gasteiger partial charge in [-0.3, -0.25) is 4.79 Å². The van der Waals surface area contributed by atoms with Crippen molar-refractivity contribution in [3.63, 3.8) is 0 Å². The van der Waals surface area contributed by atoms with Gasteiger partial charge in [0.1, 0.15) is 11.9 Å². The van der Waals surface area contributed by atoms with Gasteiger partial charge in [-0.05, 0) is 66.5 Å². The van der Waals surface area contributed by atoms with Crippen molar-refractivity contribution in [2.75, 3.05) is 0 Å². The van der Waals surface area contributed by atoms with Gasteiger partial charge in [-0.15, -0.1) is 0 Å². The standard InChI is InChI=1S/C24H28FNO4/c1-14(2)22(30-13-16-4-11-21(25)20(12-16)18-7-8-18)23(27)26-15(3)17-5-9-19(10-6-17)24(28)29/h4-6,9-12,14-15,18,22H,7-8,13H2,1-3H3,(H,26,27)(H,28,29)/t15-,22?/m0/s1. The summed E-state index contributed by atoms with van der Waals surface area (Å²) < 4.78 is 19.9. The van der Waals surface area contributed by atoms with Gasteiger partial charge in [-0.1, -0.05) is 38.1 Å². The number of rotatable bonds is 9. The lowest BCUT2D eigenvalue weighted by Gasteiger charge is -2.24. The molecule has 0 bridgehead atoms. The Kier molecular flexibility index (Phi) is 6.87. The molecule has 2 atom stereocenters. The van der Waals surface area contributed by atoms with Crippen LogP contribution in [0.1, 0.15) is 72.6 Å². The highest BCUT2D eigenvalue weighted by Gasteiger charge is 2.28. The first-order chi connectivity index (χ1) is 14.3. The maximum atomic E-state index is 14.0. The monoisotopic (exact) mass is 413 g/mol. The maximum Gasteiger partial charge on any atom is 0.335 e. The van der Waals surface area contributed by atoms with Crippen molar-refractivity contribution in [1.29, 1.82) is 0 Å². The first-order valence-corrected chi connectivity index (χ1v) is 10.3. The summed E-state index contributed by atoms with van der Waals surface area (Å²) in [6, 6.07) is 11.1. The predicted octanol–water partition coefficient (Wildman–Crippen LogP) is 4.82. The largest absolute Gasteiger partial charge is 0.478 e. The van der Waals surface area contributed by atoms with Gasteiger partial charge in [0.05, 0.1) is 18.2 Å². The van der Waals surface area contributed by atoms with Crippen LogP contribution in [0.5, 0.6) is 0 Å². The second-order valence-electron chi connectivity index (χ2n) is 8.26. The van der Waals surface area contributed by atoms with Gasteiger partial charge in [-0.2, -0.15) is 0 Å². The lowest BCUT2D eigenvalue weighted by atomic mass is 10.0. The Bertz CT molecular complexity index is 906. The zero-order valence-electron chi connectivity index (χ0n) is 17.5. The molecule has 1 unspecified atom stereocenters. The van der Waals surface area contributed by atoms with Crippen LogP contribution in [0.3, 0.4) is 0 Å². The minimum atomic E-state index is -0.989. The summed E-state index contributed by atoms with van der Waals surface area (Å²) in [5, 5.41) is 11.9. The van der Waals surface area contributed by atoms with E-state index in [2.05, 4.69) is 5.32 Å². The molecule has 0 radical (unpaired) electrons. The molecular weight excluding hydrogens is 385 g/mol. The molecule has 1 amide bonds. The van der Waals surface area contributed by atoms with Gasteiger partial charge in [0.25, 0.3) is 0 Å². The van der Waals surface area contributed by atoms with Crippen molar-refractivity contribution in [1.82, 2.24) is 5.32 Å². The number of carbonyl (C=O) groups excluding carboxylic acids is 1. The van der Waals surface area contributed by atoms with E-state index in [0.717, 1.165) is 29.5 Å². The van der Waals surface area contributed by atoms with Gasteiger partial charge < -0.3 is 15.2 Å². The van der Waals surface area contributed by atoms with Gasteiger partial charge in [0, 0.05) is 0 Å². The van der Waals surface area contributed by atoms with E-state index in [-0.39, 0.29) is 35.9 Å². The van der Waals surface area contributed by atoms with Crippen LogP contribution in [-0.2, 0) is 16.1 Å². The van der Waals surface area contributed by atoms with Crippen LogP contribution >= 0.6 is 0 Å². The molecule has 160 valence electrons. The molecular formula is C24H28FNO4. The van der Waals surface area contributed by atoms with Crippen molar-refractivity contribution in [2.24, 2.45) is 5.92 Å². The lowest BCUT2D eigenvalue weighted by molar-refractivity contribution is -0.137. The van der Waals surface area contributed by atoms with Crippen LogP contribution < -0.4 is 5.32 Å². The number of carboxylic acids is 1. The minimum absolute atomic E-state index is 0.0464. The molecule has 30 heavy (non-hydrogen) atoms. The third kappa shape index (κ3) is 5.45. The summed E-state index contributed by atoms with van der Waals surface area (Å²) >= 11 is 0. The summed E-state index contributed by atoms with van der Waals surface area (Å²) in [5.41, 5.74) is 2.60. The average Bonchev–Trinajstić information content (AvgIpc) is 3.54. The molecule has 0 saturated heterocycles.